The molecule has 1 aliphatic rings. The first-order valence-electron chi connectivity index (χ1n) is 11.8. The number of aliphatic carboxylic acids is 1. The molecule has 0 aliphatic heterocycles. The second kappa shape index (κ2) is 12.1. The van der Waals surface area contributed by atoms with Crippen LogP contribution in [-0.2, 0) is 30.2 Å². The molecule has 0 atom stereocenters. The van der Waals surface area contributed by atoms with Crippen molar-refractivity contribution in [3.63, 3.8) is 0 Å². The maximum atomic E-state index is 12.5. The summed E-state index contributed by atoms with van der Waals surface area (Å²) in [4.78, 5) is 19.5. The number of halogens is 3. The fourth-order valence-electron chi connectivity index (χ4n) is 3.88. The van der Waals surface area contributed by atoms with Crippen LogP contribution in [0, 0.1) is 0 Å². The van der Waals surface area contributed by atoms with Crippen molar-refractivity contribution in [1.82, 2.24) is 9.97 Å². The van der Waals surface area contributed by atoms with Gasteiger partial charge < -0.3 is 14.8 Å². The lowest BCUT2D eigenvalue weighted by atomic mass is 10.0. The minimum Gasteiger partial charge on any atom is -0.497 e. The van der Waals surface area contributed by atoms with E-state index in [1.54, 1.807) is 24.6 Å². The number of carboxylic acid groups (broad SMARTS) is 1. The maximum Gasteiger partial charge on any atom is 0.416 e. The number of hydrogen-bond acceptors (Lipinski definition) is 4. The van der Waals surface area contributed by atoms with Gasteiger partial charge in [0.15, 0.2) is 0 Å². The predicted molar refractivity (Wildman–Crippen MR) is 137 cm³/mol. The zero-order valence-corrected chi connectivity index (χ0v) is 21.2. The molecule has 1 aliphatic carbocycles. The molecule has 5 rings (SSSR count). The van der Waals surface area contributed by atoms with E-state index in [0.717, 1.165) is 69.9 Å². The molecule has 0 saturated heterocycles. The highest BCUT2D eigenvalue weighted by atomic mass is 32.1. The minimum atomic E-state index is -4.28. The largest absolute Gasteiger partial charge is 0.497 e. The Bertz CT molecular complexity index is 1270. The Hall–Kier alpha value is -3.33. The van der Waals surface area contributed by atoms with E-state index in [1.165, 1.54) is 23.4 Å². The van der Waals surface area contributed by atoms with Crippen LogP contribution in [0.1, 0.15) is 48.4 Å². The molecule has 0 unspecified atom stereocenters. The molecule has 2 heterocycles. The van der Waals surface area contributed by atoms with Gasteiger partial charge in [-0.15, -0.1) is 11.3 Å². The first-order chi connectivity index (χ1) is 17.2. The minimum absolute atomic E-state index is 0.0341. The molecule has 9 heteroatoms. The summed E-state index contributed by atoms with van der Waals surface area (Å²) in [6.45, 7) is 4.00. The molecule has 5 nitrogen and oxygen atoms in total. The number of ether oxygens (including phenoxy) is 1. The Morgan fingerprint density at radius 3 is 2.42 bits per heavy atom. The van der Waals surface area contributed by atoms with Crippen LogP contribution >= 0.6 is 11.3 Å². The van der Waals surface area contributed by atoms with Crippen LogP contribution in [0.4, 0.5) is 13.2 Å². The normalized spacial score (nSPS) is 12.6. The van der Waals surface area contributed by atoms with Crippen molar-refractivity contribution < 1.29 is 27.8 Å². The molecule has 4 aromatic rings. The van der Waals surface area contributed by atoms with E-state index in [4.69, 9.17) is 9.84 Å². The van der Waals surface area contributed by atoms with Gasteiger partial charge in [-0.25, -0.2) is 4.98 Å². The molecule has 2 aromatic heterocycles. The summed E-state index contributed by atoms with van der Waals surface area (Å²) < 4.78 is 42.6. The van der Waals surface area contributed by atoms with Crippen molar-refractivity contribution >= 4 is 28.2 Å². The summed E-state index contributed by atoms with van der Waals surface area (Å²) in [5.74, 6) is -0.0713. The zero-order valence-electron chi connectivity index (χ0n) is 20.4. The fraction of sp³-hybridized carbons (Fsp3) is 0.333. The highest BCUT2D eigenvalue weighted by Crippen LogP contribution is 2.35. The van der Waals surface area contributed by atoms with Gasteiger partial charge in [0.2, 0.25) is 0 Å². The monoisotopic (exact) mass is 518 g/mol. The van der Waals surface area contributed by atoms with Gasteiger partial charge in [0.1, 0.15) is 10.8 Å². The number of fused-ring (bicyclic) bond motifs is 2. The van der Waals surface area contributed by atoms with E-state index in [1.807, 2.05) is 32.0 Å². The number of carboxylic acids is 1. The molecule has 0 saturated carbocycles. The molecule has 0 amide bonds. The number of H-pyrrole nitrogens is 1. The van der Waals surface area contributed by atoms with Crippen molar-refractivity contribution in [2.75, 3.05) is 7.11 Å². The van der Waals surface area contributed by atoms with Crippen LogP contribution in [0.5, 0.6) is 5.75 Å². The van der Waals surface area contributed by atoms with Gasteiger partial charge in [0.25, 0.3) is 0 Å². The predicted octanol–water partition coefficient (Wildman–Crippen LogP) is 7.54. The number of nitrogens with zero attached hydrogens (tertiary/aromatic N) is 1. The van der Waals surface area contributed by atoms with Gasteiger partial charge in [-0.05, 0) is 55.5 Å². The Balaban J connectivity index is 0.000000193. The lowest BCUT2D eigenvalue weighted by molar-refractivity contribution is -0.138. The second-order valence-electron chi connectivity index (χ2n) is 7.97. The second-order valence-corrected chi connectivity index (χ2v) is 9.05. The van der Waals surface area contributed by atoms with Crippen LogP contribution in [0.2, 0.25) is 0 Å². The van der Waals surface area contributed by atoms with Crippen molar-refractivity contribution in [3.05, 3.63) is 70.4 Å². The molecule has 0 bridgehead atoms. The highest BCUT2D eigenvalue weighted by molar-refractivity contribution is 7.15. The third-order valence-electron chi connectivity index (χ3n) is 5.62. The lowest BCUT2D eigenvalue weighted by Crippen LogP contribution is -2.03. The summed E-state index contributed by atoms with van der Waals surface area (Å²) in [6, 6.07) is 10.8. The van der Waals surface area contributed by atoms with E-state index in [9.17, 15) is 18.0 Å². The third kappa shape index (κ3) is 6.66. The summed E-state index contributed by atoms with van der Waals surface area (Å²) >= 11 is 1.61. The van der Waals surface area contributed by atoms with Gasteiger partial charge >= 0.3 is 12.1 Å². The Labute approximate surface area is 212 Å². The summed E-state index contributed by atoms with van der Waals surface area (Å²) in [5, 5.41) is 10.5. The molecular weight excluding hydrogens is 489 g/mol. The molecule has 2 aromatic carbocycles. The molecule has 0 spiro atoms. The molecule has 2 N–H and O–H groups in total. The lowest BCUT2D eigenvalue weighted by Gasteiger charge is -2.06. The average Bonchev–Trinajstić information content (AvgIpc) is 3.49. The highest BCUT2D eigenvalue weighted by Gasteiger charge is 2.30. The molecule has 192 valence electrons. The van der Waals surface area contributed by atoms with Gasteiger partial charge in [0, 0.05) is 33.6 Å². The summed E-state index contributed by atoms with van der Waals surface area (Å²) in [6.07, 6.45) is 1.86. The number of aromatic nitrogens is 2. The third-order valence-corrected chi connectivity index (χ3v) is 6.83. The average molecular weight is 519 g/mol. The number of thiazole rings is 1. The van der Waals surface area contributed by atoms with Crippen molar-refractivity contribution in [1.29, 1.82) is 0 Å². The molecule has 36 heavy (non-hydrogen) atoms. The summed E-state index contributed by atoms with van der Waals surface area (Å²) in [5.41, 5.74) is 2.97. The van der Waals surface area contributed by atoms with Crippen LogP contribution in [0.3, 0.4) is 0 Å². The number of benzene rings is 2. The van der Waals surface area contributed by atoms with E-state index >= 15 is 0 Å². The number of nitrogens with one attached hydrogen (secondary N) is 1. The quantitative estimate of drug-likeness (QED) is 0.293. The van der Waals surface area contributed by atoms with E-state index in [-0.39, 0.29) is 6.42 Å². The number of aromatic amines is 1. The van der Waals surface area contributed by atoms with Crippen LogP contribution in [0.15, 0.2) is 48.7 Å². The number of methoxy groups -OCH3 is 1. The van der Waals surface area contributed by atoms with Crippen LogP contribution in [0.25, 0.3) is 21.5 Å². The van der Waals surface area contributed by atoms with Crippen LogP contribution in [-0.4, -0.2) is 28.2 Å². The molecule has 0 fully saturated rings. The van der Waals surface area contributed by atoms with Gasteiger partial charge in [0.05, 0.1) is 24.8 Å². The van der Waals surface area contributed by atoms with Crippen LogP contribution < -0.4 is 4.74 Å². The number of carbonyl (C=O) groups is 1. The van der Waals surface area contributed by atoms with Crippen molar-refractivity contribution in [2.45, 2.75) is 52.1 Å². The fourth-order valence-corrected chi connectivity index (χ4v) is 5.03. The van der Waals surface area contributed by atoms with Gasteiger partial charge in [-0.3, -0.25) is 4.79 Å². The standard InChI is InChI=1S/C14H12F3NS.C11H11NO3.C2H6/c15-14(16,17)10-7-5-9(6-8-10)13-18-11-3-1-2-4-12(11)19-13;1-15-8-2-3-9-7(4-11(13)14)6-12-10(9)5-8;1-2/h5-8H,1-4H2;2-3,5-6,12H,4H2,1H3,(H,13,14);1-2H3. The maximum absolute atomic E-state index is 12.5. The number of hydrogen-bond donors (Lipinski definition) is 2. The number of aryl methyl sites for hydroxylation is 2. The smallest absolute Gasteiger partial charge is 0.416 e. The Kier molecular flexibility index (Phi) is 9.14. The van der Waals surface area contributed by atoms with E-state index in [2.05, 4.69) is 9.97 Å². The van der Waals surface area contributed by atoms with Gasteiger partial charge in [-0.1, -0.05) is 26.0 Å². The van der Waals surface area contributed by atoms with E-state index < -0.39 is 17.7 Å². The number of alkyl halides is 3. The summed E-state index contributed by atoms with van der Waals surface area (Å²) in [7, 11) is 1.60. The Morgan fingerprint density at radius 2 is 1.81 bits per heavy atom. The number of rotatable bonds is 4. The molecular formula is C27H29F3N2O3S. The SMILES string of the molecule is CC.COc1ccc2c(CC(=O)O)c[nH]c2c1.FC(F)(F)c1ccc(-c2nc3c(s2)CCCC3)cc1. The first kappa shape index (κ1) is 27.3. The molecule has 0 radical (unpaired) electrons. The Morgan fingerprint density at radius 1 is 1.11 bits per heavy atom. The first-order valence-corrected chi connectivity index (χ1v) is 12.6. The van der Waals surface area contributed by atoms with E-state index in [0.29, 0.717) is 0 Å². The van der Waals surface area contributed by atoms with Gasteiger partial charge in [-0.2, -0.15) is 13.2 Å². The zero-order chi connectivity index (χ0) is 26.3. The van der Waals surface area contributed by atoms with Crippen molar-refractivity contribution in [3.8, 4) is 16.3 Å². The topological polar surface area (TPSA) is 75.2 Å². The van der Waals surface area contributed by atoms with Crippen molar-refractivity contribution in [2.24, 2.45) is 0 Å².